The zero-order valence-electron chi connectivity index (χ0n) is 11.3. The van der Waals surface area contributed by atoms with Gasteiger partial charge in [0.05, 0.1) is 0 Å². The predicted molar refractivity (Wildman–Crippen MR) is 73.8 cm³/mol. The highest BCUT2D eigenvalue weighted by Crippen LogP contribution is 2.13. The quantitative estimate of drug-likeness (QED) is 0.885. The fourth-order valence-electron chi connectivity index (χ4n) is 2.42. The lowest BCUT2D eigenvalue weighted by molar-refractivity contribution is 0.0708. The number of rotatable bonds is 3. The molecule has 2 rings (SSSR count). The molecule has 1 aromatic rings. The van der Waals surface area contributed by atoms with Crippen molar-refractivity contribution in [3.63, 3.8) is 0 Å². The highest BCUT2D eigenvalue weighted by Gasteiger charge is 2.22. The van der Waals surface area contributed by atoms with Crippen LogP contribution < -0.4 is 5.32 Å². The largest absolute Gasteiger partial charge is 0.337 e. The van der Waals surface area contributed by atoms with Crippen LogP contribution in [0.1, 0.15) is 35.7 Å². The number of benzene rings is 1. The fourth-order valence-corrected chi connectivity index (χ4v) is 2.42. The molecule has 1 fully saturated rings. The minimum atomic E-state index is 0.131. The van der Waals surface area contributed by atoms with Crippen LogP contribution in [0.3, 0.4) is 0 Å². The van der Waals surface area contributed by atoms with E-state index in [1.54, 1.807) is 0 Å². The van der Waals surface area contributed by atoms with Gasteiger partial charge in [-0.15, -0.1) is 0 Å². The van der Waals surface area contributed by atoms with E-state index in [4.69, 9.17) is 0 Å². The lowest BCUT2D eigenvalue weighted by Gasteiger charge is -2.31. The van der Waals surface area contributed by atoms with E-state index in [-0.39, 0.29) is 5.91 Å². The van der Waals surface area contributed by atoms with Gasteiger partial charge < -0.3 is 10.2 Å². The third-order valence-electron chi connectivity index (χ3n) is 3.75. The summed E-state index contributed by atoms with van der Waals surface area (Å²) < 4.78 is 0. The van der Waals surface area contributed by atoms with Crippen molar-refractivity contribution in [2.75, 3.05) is 20.1 Å². The third kappa shape index (κ3) is 2.91. The van der Waals surface area contributed by atoms with Crippen LogP contribution >= 0.6 is 0 Å². The average molecular weight is 246 g/mol. The zero-order valence-corrected chi connectivity index (χ0v) is 11.3. The van der Waals surface area contributed by atoms with Gasteiger partial charge in [-0.2, -0.15) is 0 Å². The van der Waals surface area contributed by atoms with Crippen LogP contribution in [0.15, 0.2) is 24.3 Å². The number of likely N-dealkylation sites (N-methyl/N-ethyl adjacent to an activating group) is 1. The molecule has 1 saturated heterocycles. The molecule has 1 heterocycles. The molecule has 0 saturated carbocycles. The number of hydrogen-bond acceptors (Lipinski definition) is 2. The lowest BCUT2D eigenvalue weighted by atomic mass is 10.0. The van der Waals surface area contributed by atoms with Crippen molar-refractivity contribution >= 4 is 5.91 Å². The van der Waals surface area contributed by atoms with Gasteiger partial charge in [0, 0.05) is 25.2 Å². The molecule has 3 nitrogen and oxygen atoms in total. The number of hydrogen-bond donors (Lipinski definition) is 1. The SMILES string of the molecule is CCc1ccc(C(=O)N(C)[C@@H]2CCCNC2)cc1. The van der Waals surface area contributed by atoms with E-state index < -0.39 is 0 Å². The standard InChI is InChI=1S/C15H22N2O/c1-3-12-6-8-13(9-7-12)15(18)17(2)14-5-4-10-16-11-14/h6-9,14,16H,3-5,10-11H2,1-2H3/t14-/m1/s1. The summed E-state index contributed by atoms with van der Waals surface area (Å²) >= 11 is 0. The van der Waals surface area contributed by atoms with E-state index >= 15 is 0 Å². The summed E-state index contributed by atoms with van der Waals surface area (Å²) in [4.78, 5) is 14.2. The van der Waals surface area contributed by atoms with Gasteiger partial charge in [-0.25, -0.2) is 0 Å². The summed E-state index contributed by atoms with van der Waals surface area (Å²) in [5, 5.41) is 3.35. The molecule has 0 aromatic heterocycles. The number of carbonyl (C=O) groups excluding carboxylic acids is 1. The first-order chi connectivity index (χ1) is 8.72. The molecule has 1 aromatic carbocycles. The molecule has 1 N–H and O–H groups in total. The van der Waals surface area contributed by atoms with Crippen LogP contribution in [0.2, 0.25) is 0 Å². The van der Waals surface area contributed by atoms with Gasteiger partial charge in [-0.3, -0.25) is 4.79 Å². The van der Waals surface area contributed by atoms with Gasteiger partial charge in [0.1, 0.15) is 0 Å². The van der Waals surface area contributed by atoms with Crippen molar-refractivity contribution in [1.29, 1.82) is 0 Å². The van der Waals surface area contributed by atoms with Crippen LogP contribution in [-0.4, -0.2) is 37.0 Å². The normalized spacial score (nSPS) is 19.6. The van der Waals surface area contributed by atoms with Crippen molar-refractivity contribution < 1.29 is 4.79 Å². The summed E-state index contributed by atoms with van der Waals surface area (Å²) in [7, 11) is 1.91. The molecule has 0 bridgehead atoms. The molecule has 0 unspecified atom stereocenters. The van der Waals surface area contributed by atoms with Crippen molar-refractivity contribution in [3.8, 4) is 0 Å². The summed E-state index contributed by atoms with van der Waals surface area (Å²) in [5.41, 5.74) is 2.06. The van der Waals surface area contributed by atoms with Gasteiger partial charge in [0.25, 0.3) is 5.91 Å². The van der Waals surface area contributed by atoms with Crippen molar-refractivity contribution in [2.24, 2.45) is 0 Å². The Hall–Kier alpha value is -1.35. The first kappa shape index (κ1) is 13.1. The first-order valence-electron chi connectivity index (χ1n) is 6.79. The molecule has 1 aliphatic rings. The Morgan fingerprint density at radius 3 is 2.67 bits per heavy atom. The number of carbonyl (C=O) groups is 1. The highest BCUT2D eigenvalue weighted by atomic mass is 16.2. The van der Waals surface area contributed by atoms with Gasteiger partial charge in [-0.1, -0.05) is 19.1 Å². The summed E-state index contributed by atoms with van der Waals surface area (Å²) in [6, 6.07) is 8.29. The van der Waals surface area contributed by atoms with Gasteiger partial charge in [0.2, 0.25) is 0 Å². The van der Waals surface area contributed by atoms with Crippen LogP contribution in [0.5, 0.6) is 0 Å². The van der Waals surface area contributed by atoms with Crippen molar-refractivity contribution in [2.45, 2.75) is 32.2 Å². The Bertz CT molecular complexity index is 393. The second-order valence-corrected chi connectivity index (χ2v) is 4.97. The molecular weight excluding hydrogens is 224 g/mol. The molecule has 0 radical (unpaired) electrons. The van der Waals surface area contributed by atoms with E-state index in [0.717, 1.165) is 37.9 Å². The number of amides is 1. The second-order valence-electron chi connectivity index (χ2n) is 4.97. The number of nitrogens with zero attached hydrogens (tertiary/aromatic N) is 1. The Balaban J connectivity index is 2.04. The maximum atomic E-state index is 12.3. The molecule has 0 spiro atoms. The number of nitrogens with one attached hydrogen (secondary N) is 1. The fraction of sp³-hybridized carbons (Fsp3) is 0.533. The molecule has 1 aliphatic heterocycles. The first-order valence-corrected chi connectivity index (χ1v) is 6.79. The predicted octanol–water partition coefficient (Wildman–Crippen LogP) is 2.07. The van der Waals surface area contributed by atoms with Gasteiger partial charge >= 0.3 is 0 Å². The van der Waals surface area contributed by atoms with Crippen LogP contribution in [-0.2, 0) is 6.42 Å². The van der Waals surface area contributed by atoms with Crippen molar-refractivity contribution in [1.82, 2.24) is 10.2 Å². The molecule has 98 valence electrons. The van der Waals surface area contributed by atoms with Crippen molar-refractivity contribution in [3.05, 3.63) is 35.4 Å². The molecule has 18 heavy (non-hydrogen) atoms. The molecule has 3 heteroatoms. The zero-order chi connectivity index (χ0) is 13.0. The molecule has 1 amide bonds. The minimum absolute atomic E-state index is 0.131. The van der Waals surface area contributed by atoms with Crippen LogP contribution in [0.4, 0.5) is 0 Å². The van der Waals surface area contributed by atoms with Crippen LogP contribution in [0.25, 0.3) is 0 Å². The summed E-state index contributed by atoms with van der Waals surface area (Å²) in [6.45, 7) is 4.11. The van der Waals surface area contributed by atoms with E-state index in [1.807, 2.05) is 36.2 Å². The van der Waals surface area contributed by atoms with Crippen LogP contribution in [0, 0.1) is 0 Å². The maximum Gasteiger partial charge on any atom is 0.253 e. The highest BCUT2D eigenvalue weighted by molar-refractivity contribution is 5.94. The van der Waals surface area contributed by atoms with Gasteiger partial charge in [0.15, 0.2) is 0 Å². The molecule has 1 atom stereocenters. The monoisotopic (exact) mass is 246 g/mol. The smallest absolute Gasteiger partial charge is 0.253 e. The Kier molecular flexibility index (Phi) is 4.37. The topological polar surface area (TPSA) is 32.3 Å². The van der Waals surface area contributed by atoms with E-state index in [0.29, 0.717) is 6.04 Å². The molecular formula is C15H22N2O. The van der Waals surface area contributed by atoms with Gasteiger partial charge in [-0.05, 0) is 43.5 Å². The van der Waals surface area contributed by atoms with E-state index in [2.05, 4.69) is 12.2 Å². The summed E-state index contributed by atoms with van der Waals surface area (Å²) in [5.74, 6) is 0.131. The second kappa shape index (κ2) is 6.01. The Morgan fingerprint density at radius 2 is 2.11 bits per heavy atom. The lowest BCUT2D eigenvalue weighted by Crippen LogP contribution is -2.46. The molecule has 0 aliphatic carbocycles. The minimum Gasteiger partial charge on any atom is -0.337 e. The average Bonchev–Trinajstić information content (AvgIpc) is 2.47. The number of piperidine rings is 1. The maximum absolute atomic E-state index is 12.3. The van der Waals surface area contributed by atoms with E-state index in [9.17, 15) is 4.79 Å². The Morgan fingerprint density at radius 1 is 1.39 bits per heavy atom. The summed E-state index contributed by atoms with van der Waals surface area (Å²) in [6.07, 6.45) is 3.26. The Labute approximate surface area is 109 Å². The third-order valence-corrected chi connectivity index (χ3v) is 3.75. The van der Waals surface area contributed by atoms with E-state index in [1.165, 1.54) is 5.56 Å². The number of aryl methyl sites for hydroxylation is 1.